The molecule has 20 heavy (non-hydrogen) atoms. The van der Waals surface area contributed by atoms with Crippen molar-refractivity contribution in [1.82, 2.24) is 15.1 Å². The van der Waals surface area contributed by atoms with E-state index in [4.69, 9.17) is 0 Å². The van der Waals surface area contributed by atoms with Gasteiger partial charge in [0.15, 0.2) is 0 Å². The summed E-state index contributed by atoms with van der Waals surface area (Å²) in [4.78, 5) is 5.38. The van der Waals surface area contributed by atoms with Crippen LogP contribution in [0.4, 0.5) is 0 Å². The van der Waals surface area contributed by atoms with Crippen LogP contribution in [0.3, 0.4) is 0 Å². The molecule has 2 atom stereocenters. The SMILES string of the molecule is CC(C)N1CCCC(NCC2CCN(C3CC3)C2)CC1. The largest absolute Gasteiger partial charge is 0.314 e. The average molecular weight is 279 g/mol. The van der Waals surface area contributed by atoms with E-state index in [2.05, 4.69) is 29.0 Å². The molecule has 3 aliphatic rings. The average Bonchev–Trinajstić information content (AvgIpc) is 3.21. The summed E-state index contributed by atoms with van der Waals surface area (Å²) < 4.78 is 0. The second kappa shape index (κ2) is 6.76. The third-order valence-electron chi connectivity index (χ3n) is 5.57. The molecule has 116 valence electrons. The van der Waals surface area contributed by atoms with Crippen LogP contribution >= 0.6 is 0 Å². The van der Waals surface area contributed by atoms with Gasteiger partial charge in [-0.2, -0.15) is 0 Å². The number of nitrogens with one attached hydrogen (secondary N) is 1. The van der Waals surface area contributed by atoms with Crippen LogP contribution in [0.15, 0.2) is 0 Å². The first kappa shape index (κ1) is 14.8. The van der Waals surface area contributed by atoms with Gasteiger partial charge < -0.3 is 15.1 Å². The highest BCUT2D eigenvalue weighted by atomic mass is 15.2. The molecule has 0 aromatic rings. The van der Waals surface area contributed by atoms with Crippen molar-refractivity contribution in [3.63, 3.8) is 0 Å². The van der Waals surface area contributed by atoms with Gasteiger partial charge in [-0.3, -0.25) is 0 Å². The van der Waals surface area contributed by atoms with Gasteiger partial charge in [0.2, 0.25) is 0 Å². The highest BCUT2D eigenvalue weighted by molar-refractivity contribution is 4.90. The summed E-state index contributed by atoms with van der Waals surface area (Å²) in [5.74, 6) is 0.917. The molecule has 3 heteroatoms. The predicted octanol–water partition coefficient (Wildman–Crippen LogP) is 2.32. The highest BCUT2D eigenvalue weighted by Crippen LogP contribution is 2.31. The minimum atomic E-state index is 0.718. The van der Waals surface area contributed by atoms with Crippen LogP contribution in [0.5, 0.6) is 0 Å². The summed E-state index contributed by atoms with van der Waals surface area (Å²) in [6.45, 7) is 11.2. The molecule has 2 aliphatic heterocycles. The van der Waals surface area contributed by atoms with E-state index in [1.807, 2.05) is 0 Å². The van der Waals surface area contributed by atoms with E-state index >= 15 is 0 Å². The van der Waals surface area contributed by atoms with Crippen molar-refractivity contribution in [2.75, 3.05) is 32.7 Å². The molecule has 1 N–H and O–H groups in total. The Morgan fingerprint density at radius 1 is 1.00 bits per heavy atom. The van der Waals surface area contributed by atoms with Gasteiger partial charge in [0.1, 0.15) is 0 Å². The van der Waals surface area contributed by atoms with Crippen molar-refractivity contribution < 1.29 is 0 Å². The van der Waals surface area contributed by atoms with Crippen LogP contribution in [0, 0.1) is 5.92 Å². The monoisotopic (exact) mass is 279 g/mol. The fourth-order valence-corrected chi connectivity index (χ4v) is 3.97. The van der Waals surface area contributed by atoms with Gasteiger partial charge in [0.05, 0.1) is 0 Å². The maximum atomic E-state index is 3.89. The van der Waals surface area contributed by atoms with Crippen LogP contribution in [0.25, 0.3) is 0 Å². The van der Waals surface area contributed by atoms with Crippen LogP contribution in [0.2, 0.25) is 0 Å². The van der Waals surface area contributed by atoms with Crippen molar-refractivity contribution in [2.24, 2.45) is 5.92 Å². The quantitative estimate of drug-likeness (QED) is 0.833. The number of likely N-dealkylation sites (tertiary alicyclic amines) is 2. The summed E-state index contributed by atoms with van der Waals surface area (Å²) >= 11 is 0. The molecule has 3 rings (SSSR count). The lowest BCUT2D eigenvalue weighted by molar-refractivity contribution is 0.228. The van der Waals surface area contributed by atoms with Crippen LogP contribution in [-0.2, 0) is 0 Å². The summed E-state index contributed by atoms with van der Waals surface area (Å²) in [7, 11) is 0. The second-order valence-corrected chi connectivity index (χ2v) is 7.55. The zero-order valence-corrected chi connectivity index (χ0v) is 13.5. The molecule has 0 spiro atoms. The lowest BCUT2D eigenvalue weighted by atomic mass is 10.1. The van der Waals surface area contributed by atoms with Gasteiger partial charge in [0.25, 0.3) is 0 Å². The molecule has 0 radical (unpaired) electrons. The Labute approximate surface area is 125 Å². The van der Waals surface area contributed by atoms with E-state index in [1.54, 1.807) is 0 Å². The smallest absolute Gasteiger partial charge is 0.00965 e. The first-order chi connectivity index (χ1) is 9.72. The number of hydrogen-bond acceptors (Lipinski definition) is 3. The zero-order chi connectivity index (χ0) is 13.9. The first-order valence-electron chi connectivity index (χ1n) is 8.94. The van der Waals surface area contributed by atoms with Gasteiger partial charge in [-0.1, -0.05) is 0 Å². The Morgan fingerprint density at radius 3 is 2.60 bits per heavy atom. The molecule has 1 aliphatic carbocycles. The lowest BCUT2D eigenvalue weighted by Gasteiger charge is -2.24. The molecule has 0 bridgehead atoms. The van der Waals surface area contributed by atoms with E-state index in [0.717, 1.165) is 24.0 Å². The van der Waals surface area contributed by atoms with Gasteiger partial charge in [-0.15, -0.1) is 0 Å². The van der Waals surface area contributed by atoms with Crippen LogP contribution < -0.4 is 5.32 Å². The Bertz CT molecular complexity index is 301. The Kier molecular flexibility index (Phi) is 5.00. The maximum absolute atomic E-state index is 3.89. The van der Waals surface area contributed by atoms with E-state index < -0.39 is 0 Å². The predicted molar refractivity (Wildman–Crippen MR) is 85.1 cm³/mol. The van der Waals surface area contributed by atoms with Crippen molar-refractivity contribution in [3.05, 3.63) is 0 Å². The maximum Gasteiger partial charge on any atom is 0.00965 e. The lowest BCUT2D eigenvalue weighted by Crippen LogP contribution is -2.36. The van der Waals surface area contributed by atoms with Crippen molar-refractivity contribution >= 4 is 0 Å². The summed E-state index contributed by atoms with van der Waals surface area (Å²) in [5.41, 5.74) is 0. The molecule has 0 aromatic heterocycles. The zero-order valence-electron chi connectivity index (χ0n) is 13.5. The molecule has 1 saturated carbocycles. The molecule has 2 heterocycles. The Hall–Kier alpha value is -0.120. The van der Waals surface area contributed by atoms with Crippen molar-refractivity contribution in [2.45, 2.75) is 70.5 Å². The minimum absolute atomic E-state index is 0.718. The van der Waals surface area contributed by atoms with E-state index in [-0.39, 0.29) is 0 Å². The first-order valence-corrected chi connectivity index (χ1v) is 8.94. The molecular formula is C17H33N3. The van der Waals surface area contributed by atoms with Crippen molar-refractivity contribution in [1.29, 1.82) is 0 Å². The van der Waals surface area contributed by atoms with Gasteiger partial charge in [-0.25, -0.2) is 0 Å². The second-order valence-electron chi connectivity index (χ2n) is 7.55. The normalized spacial score (nSPS) is 33.8. The third kappa shape index (κ3) is 3.96. The number of hydrogen-bond donors (Lipinski definition) is 1. The molecule has 0 amide bonds. The molecule has 0 aromatic carbocycles. The summed E-state index contributed by atoms with van der Waals surface area (Å²) in [5, 5.41) is 3.89. The molecule has 2 saturated heterocycles. The molecule has 3 fully saturated rings. The topological polar surface area (TPSA) is 18.5 Å². The van der Waals surface area contributed by atoms with Gasteiger partial charge >= 0.3 is 0 Å². The minimum Gasteiger partial charge on any atom is -0.314 e. The van der Waals surface area contributed by atoms with E-state index in [9.17, 15) is 0 Å². The number of rotatable bonds is 5. The number of nitrogens with zero attached hydrogens (tertiary/aromatic N) is 2. The summed E-state index contributed by atoms with van der Waals surface area (Å²) in [6.07, 6.45) is 8.45. The van der Waals surface area contributed by atoms with Crippen LogP contribution in [-0.4, -0.2) is 60.6 Å². The molecule has 2 unspecified atom stereocenters. The Morgan fingerprint density at radius 2 is 1.85 bits per heavy atom. The van der Waals surface area contributed by atoms with E-state index in [1.165, 1.54) is 71.2 Å². The van der Waals surface area contributed by atoms with Crippen LogP contribution in [0.1, 0.15) is 52.4 Å². The molecule has 3 nitrogen and oxygen atoms in total. The highest BCUT2D eigenvalue weighted by Gasteiger charge is 2.34. The Balaban J connectivity index is 1.36. The fraction of sp³-hybridized carbons (Fsp3) is 1.00. The van der Waals surface area contributed by atoms with Crippen molar-refractivity contribution in [3.8, 4) is 0 Å². The van der Waals surface area contributed by atoms with E-state index in [0.29, 0.717) is 0 Å². The summed E-state index contributed by atoms with van der Waals surface area (Å²) in [6, 6.07) is 2.46. The fourth-order valence-electron chi connectivity index (χ4n) is 3.97. The standard InChI is InChI=1S/C17H33N3/c1-14(2)19-9-3-4-16(8-11-19)18-12-15-7-10-20(13-15)17-5-6-17/h14-18H,3-13H2,1-2H3. The van der Waals surface area contributed by atoms with Gasteiger partial charge in [0, 0.05) is 24.7 Å². The molecular weight excluding hydrogens is 246 g/mol. The van der Waals surface area contributed by atoms with Gasteiger partial charge in [-0.05, 0) is 84.5 Å². The third-order valence-corrected chi connectivity index (χ3v) is 5.57.